The minimum atomic E-state index is -0.583. The third kappa shape index (κ3) is 4.16. The summed E-state index contributed by atoms with van der Waals surface area (Å²) in [5, 5.41) is 5.32. The van der Waals surface area contributed by atoms with E-state index in [1.54, 1.807) is 22.8 Å². The first kappa shape index (κ1) is 22.8. The summed E-state index contributed by atoms with van der Waals surface area (Å²) in [6.07, 6.45) is 4.81. The van der Waals surface area contributed by atoms with E-state index in [1.807, 2.05) is 19.2 Å². The maximum absolute atomic E-state index is 14.9. The van der Waals surface area contributed by atoms with Crippen LogP contribution in [-0.4, -0.2) is 51.0 Å². The van der Waals surface area contributed by atoms with Crippen LogP contribution in [0.5, 0.6) is 0 Å². The normalized spacial score (nSPS) is 17.0. The molecule has 0 aliphatic carbocycles. The van der Waals surface area contributed by atoms with E-state index in [0.717, 1.165) is 42.8 Å². The van der Waals surface area contributed by atoms with Crippen LogP contribution in [0.3, 0.4) is 0 Å². The number of aryl methyl sites for hydroxylation is 1. The van der Waals surface area contributed by atoms with Crippen molar-refractivity contribution < 1.29 is 8.78 Å². The van der Waals surface area contributed by atoms with Crippen LogP contribution in [0.2, 0.25) is 0 Å². The quantitative estimate of drug-likeness (QED) is 0.366. The van der Waals surface area contributed by atoms with Crippen molar-refractivity contribution in [2.75, 3.05) is 30.8 Å². The van der Waals surface area contributed by atoms with Gasteiger partial charge in [0.05, 0.1) is 5.52 Å². The minimum absolute atomic E-state index is 0.00342. The van der Waals surface area contributed by atoms with Crippen molar-refractivity contribution in [1.82, 2.24) is 19.1 Å². The second-order valence-electron chi connectivity index (χ2n) is 8.67. The number of hydrogen-bond acceptors (Lipinski definition) is 5. The van der Waals surface area contributed by atoms with Gasteiger partial charge in [-0.1, -0.05) is 42.3 Å². The van der Waals surface area contributed by atoms with Gasteiger partial charge < -0.3 is 4.90 Å². The Hall–Kier alpha value is -2.97. The van der Waals surface area contributed by atoms with E-state index in [4.69, 9.17) is 4.98 Å². The molecule has 1 saturated heterocycles. The molecule has 1 fully saturated rings. The third-order valence-corrected chi connectivity index (χ3v) is 7.46. The zero-order valence-corrected chi connectivity index (χ0v) is 20.3. The Kier molecular flexibility index (Phi) is 6.27. The first-order valence-electron chi connectivity index (χ1n) is 11.3. The first-order valence-corrected chi connectivity index (χ1v) is 12.5. The van der Waals surface area contributed by atoms with Crippen molar-refractivity contribution in [1.29, 1.82) is 0 Å². The molecule has 0 N–H and O–H groups in total. The molecular formula is C26H27F2N5S. The lowest BCUT2D eigenvalue weighted by molar-refractivity contribution is 0.358. The fraction of sp³-hybridized carbons (Fsp3) is 0.308. The molecule has 1 aliphatic rings. The van der Waals surface area contributed by atoms with E-state index in [9.17, 15) is 8.78 Å². The number of fused-ring (bicyclic) bond motifs is 1. The summed E-state index contributed by atoms with van der Waals surface area (Å²) in [6.45, 7) is 4.19. The van der Waals surface area contributed by atoms with Crippen LogP contribution in [0.25, 0.3) is 22.2 Å². The standard InChI is InChI=1S/C26H27F2N5S/c1-17-22(27)10-9-20(25(17)28)26-21-15-29-24(14-23(21)31(2)30-26)33-12-11-32(34-3)16-19(33)13-18-7-5-4-6-8-18/h4-10,14-15,19H,11-13,16H2,1-3H3. The molecule has 2 aromatic heterocycles. The Bertz CT molecular complexity index is 1320. The molecule has 3 heterocycles. The monoisotopic (exact) mass is 479 g/mol. The fourth-order valence-electron chi connectivity index (χ4n) is 4.70. The van der Waals surface area contributed by atoms with Crippen LogP contribution >= 0.6 is 11.9 Å². The van der Waals surface area contributed by atoms with Crippen molar-refractivity contribution in [3.8, 4) is 11.3 Å². The van der Waals surface area contributed by atoms with Crippen LogP contribution < -0.4 is 4.90 Å². The summed E-state index contributed by atoms with van der Waals surface area (Å²) in [7, 11) is 1.84. The highest BCUT2D eigenvalue weighted by atomic mass is 32.2. The van der Waals surface area contributed by atoms with E-state index in [-0.39, 0.29) is 17.2 Å². The molecule has 1 atom stereocenters. The molecule has 0 saturated carbocycles. The van der Waals surface area contributed by atoms with Crippen molar-refractivity contribution in [2.45, 2.75) is 19.4 Å². The van der Waals surface area contributed by atoms with Crippen molar-refractivity contribution in [3.05, 3.63) is 77.5 Å². The van der Waals surface area contributed by atoms with Gasteiger partial charge in [-0.15, -0.1) is 0 Å². The summed E-state index contributed by atoms with van der Waals surface area (Å²) < 4.78 is 32.8. The van der Waals surface area contributed by atoms with Gasteiger partial charge >= 0.3 is 0 Å². The average Bonchev–Trinajstić information content (AvgIpc) is 3.18. The average molecular weight is 480 g/mol. The van der Waals surface area contributed by atoms with E-state index in [2.05, 4.69) is 44.8 Å². The van der Waals surface area contributed by atoms with Gasteiger partial charge in [-0.3, -0.25) is 4.68 Å². The third-order valence-electron chi connectivity index (χ3n) is 6.61. The Morgan fingerprint density at radius 2 is 1.88 bits per heavy atom. The van der Waals surface area contributed by atoms with E-state index < -0.39 is 11.6 Å². The van der Waals surface area contributed by atoms with Gasteiger partial charge in [0.2, 0.25) is 0 Å². The molecule has 5 rings (SSSR count). The van der Waals surface area contributed by atoms with Crippen LogP contribution in [0.4, 0.5) is 14.6 Å². The SMILES string of the molecule is CSN1CCN(c2cc3c(cn2)c(-c2ccc(F)c(C)c2F)nn3C)C(Cc2ccccc2)C1. The minimum Gasteiger partial charge on any atom is -0.351 e. The number of piperazine rings is 1. The topological polar surface area (TPSA) is 37.2 Å². The number of nitrogens with zero attached hydrogens (tertiary/aromatic N) is 5. The summed E-state index contributed by atoms with van der Waals surface area (Å²) in [5.74, 6) is -0.254. The molecule has 0 bridgehead atoms. The number of benzene rings is 2. The second-order valence-corrected chi connectivity index (χ2v) is 9.55. The van der Waals surface area contributed by atoms with Gasteiger partial charge in [0, 0.05) is 61.5 Å². The fourth-order valence-corrected chi connectivity index (χ4v) is 5.28. The number of pyridine rings is 1. The number of halogens is 2. The highest BCUT2D eigenvalue weighted by Gasteiger charge is 2.29. The summed E-state index contributed by atoms with van der Waals surface area (Å²) in [4.78, 5) is 7.16. The number of anilines is 1. The van der Waals surface area contributed by atoms with Crippen molar-refractivity contribution in [2.24, 2.45) is 7.05 Å². The molecule has 8 heteroatoms. The molecule has 0 radical (unpaired) electrons. The van der Waals surface area contributed by atoms with Gasteiger partial charge in [-0.2, -0.15) is 5.10 Å². The Morgan fingerprint density at radius 1 is 1.09 bits per heavy atom. The number of rotatable bonds is 5. The highest BCUT2D eigenvalue weighted by molar-refractivity contribution is 7.96. The zero-order valence-electron chi connectivity index (χ0n) is 19.5. The first-order chi connectivity index (χ1) is 16.5. The maximum atomic E-state index is 14.9. The Balaban J connectivity index is 1.52. The van der Waals surface area contributed by atoms with Gasteiger partial charge in [0.1, 0.15) is 23.1 Å². The molecule has 1 aliphatic heterocycles. The molecule has 4 aromatic rings. The molecule has 0 amide bonds. The largest absolute Gasteiger partial charge is 0.351 e. The zero-order chi connectivity index (χ0) is 23.8. The highest BCUT2D eigenvalue weighted by Crippen LogP contribution is 2.33. The molecule has 34 heavy (non-hydrogen) atoms. The van der Waals surface area contributed by atoms with E-state index >= 15 is 0 Å². The van der Waals surface area contributed by atoms with Gasteiger partial charge in [0.25, 0.3) is 0 Å². The van der Waals surface area contributed by atoms with Crippen LogP contribution in [0, 0.1) is 18.6 Å². The molecule has 5 nitrogen and oxygen atoms in total. The molecule has 2 aromatic carbocycles. The smallest absolute Gasteiger partial charge is 0.138 e. The molecular weight excluding hydrogens is 452 g/mol. The van der Waals surface area contributed by atoms with E-state index in [1.165, 1.54) is 24.6 Å². The predicted molar refractivity (Wildman–Crippen MR) is 135 cm³/mol. The summed E-state index contributed by atoms with van der Waals surface area (Å²) in [6, 6.07) is 15.6. The van der Waals surface area contributed by atoms with Crippen molar-refractivity contribution in [3.63, 3.8) is 0 Å². The molecule has 0 spiro atoms. The van der Waals surface area contributed by atoms with Crippen molar-refractivity contribution >= 4 is 28.7 Å². The van der Waals surface area contributed by atoms with Crippen LogP contribution in [0.1, 0.15) is 11.1 Å². The van der Waals surface area contributed by atoms with E-state index in [0.29, 0.717) is 5.69 Å². The number of aromatic nitrogens is 3. The maximum Gasteiger partial charge on any atom is 0.138 e. The summed E-state index contributed by atoms with van der Waals surface area (Å²) >= 11 is 1.78. The van der Waals surface area contributed by atoms with Gasteiger partial charge in [0.15, 0.2) is 0 Å². The molecule has 176 valence electrons. The molecule has 1 unspecified atom stereocenters. The second kappa shape index (κ2) is 9.35. The Labute approximate surface area is 202 Å². The lowest BCUT2D eigenvalue weighted by Gasteiger charge is -2.41. The predicted octanol–water partition coefficient (Wildman–Crippen LogP) is 5.23. The Morgan fingerprint density at radius 3 is 2.65 bits per heavy atom. The lowest BCUT2D eigenvalue weighted by atomic mass is 10.0. The van der Waals surface area contributed by atoms with Gasteiger partial charge in [-0.05, 0) is 37.3 Å². The summed E-state index contributed by atoms with van der Waals surface area (Å²) in [5.41, 5.74) is 2.93. The van der Waals surface area contributed by atoms with Crippen LogP contribution in [0.15, 0.2) is 54.7 Å². The lowest BCUT2D eigenvalue weighted by Crippen LogP contribution is -2.52. The van der Waals surface area contributed by atoms with Crippen LogP contribution in [-0.2, 0) is 13.5 Å². The van der Waals surface area contributed by atoms with Gasteiger partial charge in [-0.25, -0.2) is 18.1 Å². The number of hydrogen-bond donors (Lipinski definition) is 0.